The monoisotopic (exact) mass is 462 g/mol. The molecule has 0 amide bonds. The Kier molecular flexibility index (Phi) is 11.5. The van der Waals surface area contributed by atoms with Crippen LogP contribution in [0.4, 0.5) is 0 Å². The molecule has 0 aliphatic carbocycles. The molecule has 2 aromatic carbocycles. The van der Waals surface area contributed by atoms with E-state index in [4.69, 9.17) is 34.8 Å². The van der Waals surface area contributed by atoms with E-state index in [0.717, 1.165) is 0 Å². The predicted octanol–water partition coefficient (Wildman–Crippen LogP) is 4.15. The summed E-state index contributed by atoms with van der Waals surface area (Å²) in [6.45, 7) is 0.580. The van der Waals surface area contributed by atoms with Gasteiger partial charge in [0.15, 0.2) is 23.0 Å². The SMILES string of the molecule is C#CCOc1ccc(OC)c(OC)c1.COc1ccc(OCC#CBr)cc1OC. The molecule has 0 saturated heterocycles. The summed E-state index contributed by atoms with van der Waals surface area (Å²) in [5.74, 6) is 9.10. The second-order valence-electron chi connectivity index (χ2n) is 5.09. The zero-order valence-corrected chi connectivity index (χ0v) is 18.4. The first-order chi connectivity index (χ1) is 14.1. The van der Waals surface area contributed by atoms with E-state index in [9.17, 15) is 0 Å². The van der Waals surface area contributed by atoms with Crippen LogP contribution in [0.2, 0.25) is 0 Å². The van der Waals surface area contributed by atoms with E-state index in [1.54, 1.807) is 64.8 Å². The molecule has 0 fully saturated rings. The molecule has 2 aromatic rings. The van der Waals surface area contributed by atoms with E-state index in [-0.39, 0.29) is 6.61 Å². The van der Waals surface area contributed by atoms with Gasteiger partial charge in [-0.05, 0) is 35.0 Å². The van der Waals surface area contributed by atoms with E-state index in [0.29, 0.717) is 41.1 Å². The van der Waals surface area contributed by atoms with Gasteiger partial charge in [-0.2, -0.15) is 0 Å². The molecule has 0 radical (unpaired) electrons. The molecule has 0 unspecified atom stereocenters. The maximum Gasteiger partial charge on any atom is 0.164 e. The van der Waals surface area contributed by atoms with Crippen molar-refractivity contribution in [1.29, 1.82) is 0 Å². The molecule has 7 heteroatoms. The van der Waals surface area contributed by atoms with Gasteiger partial charge in [0.2, 0.25) is 0 Å². The molecule has 0 aliphatic rings. The molecule has 0 saturated carbocycles. The molecule has 0 spiro atoms. The standard InChI is InChI=1S/C11H11BrO3.C11H12O3/c1-13-10-5-4-9(8-11(10)14-2)15-7-3-6-12;1-4-7-14-9-5-6-10(12-2)11(8-9)13-3/h4-5,8H,7H2,1-2H3;1,5-6,8H,7H2,2-3H3. The molecular weight excluding hydrogens is 440 g/mol. The number of benzene rings is 2. The number of rotatable bonds is 8. The van der Waals surface area contributed by atoms with E-state index in [1.807, 2.05) is 0 Å². The minimum atomic E-state index is 0.246. The lowest BCUT2D eigenvalue weighted by Gasteiger charge is -2.09. The first-order valence-electron chi connectivity index (χ1n) is 8.35. The highest BCUT2D eigenvalue weighted by molar-refractivity contribution is 9.12. The van der Waals surface area contributed by atoms with Crippen LogP contribution in [0.25, 0.3) is 0 Å². The molecule has 0 atom stereocenters. The van der Waals surface area contributed by atoms with Gasteiger partial charge in [0.05, 0.1) is 28.4 Å². The maximum absolute atomic E-state index is 5.35. The number of terminal acetylenes is 1. The van der Waals surface area contributed by atoms with Crippen LogP contribution in [0, 0.1) is 23.1 Å². The van der Waals surface area contributed by atoms with E-state index in [2.05, 4.69) is 32.6 Å². The van der Waals surface area contributed by atoms with Crippen LogP contribution >= 0.6 is 15.9 Å². The largest absolute Gasteiger partial charge is 0.493 e. The van der Waals surface area contributed by atoms with Gasteiger partial charge in [-0.3, -0.25) is 0 Å². The third-order valence-electron chi connectivity index (χ3n) is 3.41. The van der Waals surface area contributed by atoms with Crippen molar-refractivity contribution >= 4 is 15.9 Å². The lowest BCUT2D eigenvalue weighted by atomic mass is 10.3. The van der Waals surface area contributed by atoms with Gasteiger partial charge >= 0.3 is 0 Å². The highest BCUT2D eigenvalue weighted by atomic mass is 79.9. The molecular formula is C22H23BrO6. The molecule has 0 bridgehead atoms. The highest BCUT2D eigenvalue weighted by Gasteiger charge is 2.05. The lowest BCUT2D eigenvalue weighted by Crippen LogP contribution is -1.95. The van der Waals surface area contributed by atoms with Crippen molar-refractivity contribution < 1.29 is 28.4 Å². The molecule has 29 heavy (non-hydrogen) atoms. The van der Waals surface area contributed by atoms with Gasteiger partial charge < -0.3 is 28.4 Å². The topological polar surface area (TPSA) is 55.4 Å². The smallest absolute Gasteiger partial charge is 0.164 e. The molecule has 154 valence electrons. The third kappa shape index (κ3) is 8.16. The van der Waals surface area contributed by atoms with Gasteiger partial charge in [0.25, 0.3) is 0 Å². The third-order valence-corrected chi connectivity index (χ3v) is 3.69. The molecule has 0 aromatic heterocycles. The molecule has 2 rings (SSSR count). The van der Waals surface area contributed by atoms with Crippen LogP contribution in [-0.4, -0.2) is 41.7 Å². The normalized spacial score (nSPS) is 8.83. The van der Waals surface area contributed by atoms with Crippen LogP contribution in [-0.2, 0) is 0 Å². The predicted molar refractivity (Wildman–Crippen MR) is 116 cm³/mol. The quantitative estimate of drug-likeness (QED) is 0.549. The number of hydrogen-bond acceptors (Lipinski definition) is 6. The van der Waals surface area contributed by atoms with Gasteiger partial charge in [0, 0.05) is 28.1 Å². The van der Waals surface area contributed by atoms with Gasteiger partial charge in [0.1, 0.15) is 24.7 Å². The Morgan fingerprint density at radius 2 is 1.17 bits per heavy atom. The zero-order chi connectivity index (χ0) is 21.5. The Hall–Kier alpha value is -3.16. The van der Waals surface area contributed by atoms with Gasteiger partial charge in [-0.1, -0.05) is 5.92 Å². The van der Waals surface area contributed by atoms with Crippen molar-refractivity contribution in [2.45, 2.75) is 0 Å². The molecule has 0 aliphatic heterocycles. The second kappa shape index (κ2) is 13.9. The summed E-state index contributed by atoms with van der Waals surface area (Å²) >= 11 is 2.99. The second-order valence-corrected chi connectivity index (χ2v) is 5.48. The fourth-order valence-corrected chi connectivity index (χ4v) is 2.20. The molecule has 0 heterocycles. The molecule has 6 nitrogen and oxygen atoms in total. The van der Waals surface area contributed by atoms with Crippen molar-refractivity contribution in [3.63, 3.8) is 0 Å². The number of halogens is 1. The summed E-state index contributed by atoms with van der Waals surface area (Å²) in [6, 6.07) is 10.6. The van der Waals surface area contributed by atoms with E-state index < -0.39 is 0 Å². The fourth-order valence-electron chi connectivity index (χ4n) is 2.08. The Morgan fingerprint density at radius 1 is 0.724 bits per heavy atom. The minimum Gasteiger partial charge on any atom is -0.493 e. The summed E-state index contributed by atoms with van der Waals surface area (Å²) in [5, 5.41) is 0. The number of hydrogen-bond donors (Lipinski definition) is 0. The summed E-state index contributed by atoms with van der Waals surface area (Å²) < 4.78 is 31.0. The Bertz CT molecular complexity index is 864. The number of methoxy groups -OCH3 is 4. The average molecular weight is 463 g/mol. The van der Waals surface area contributed by atoms with Crippen molar-refractivity contribution in [3.05, 3.63) is 36.4 Å². The summed E-state index contributed by atoms with van der Waals surface area (Å²) in [6.07, 6.45) is 5.07. The van der Waals surface area contributed by atoms with Crippen LogP contribution in [0.1, 0.15) is 0 Å². The van der Waals surface area contributed by atoms with Gasteiger partial charge in [-0.15, -0.1) is 6.42 Å². The van der Waals surface area contributed by atoms with Crippen LogP contribution < -0.4 is 28.4 Å². The highest BCUT2D eigenvalue weighted by Crippen LogP contribution is 2.31. The summed E-state index contributed by atoms with van der Waals surface area (Å²) in [4.78, 5) is 2.57. The van der Waals surface area contributed by atoms with Crippen LogP contribution in [0.15, 0.2) is 36.4 Å². The van der Waals surface area contributed by atoms with Gasteiger partial charge in [-0.25, -0.2) is 0 Å². The Labute approximate surface area is 180 Å². The van der Waals surface area contributed by atoms with Crippen molar-refractivity contribution in [2.75, 3.05) is 41.7 Å². The van der Waals surface area contributed by atoms with Crippen molar-refractivity contribution in [3.8, 4) is 57.6 Å². The minimum absolute atomic E-state index is 0.246. The van der Waals surface area contributed by atoms with Crippen molar-refractivity contribution in [1.82, 2.24) is 0 Å². The fraction of sp³-hybridized carbons (Fsp3) is 0.273. The zero-order valence-electron chi connectivity index (χ0n) is 16.8. The van der Waals surface area contributed by atoms with E-state index in [1.165, 1.54) is 0 Å². The Morgan fingerprint density at radius 3 is 1.55 bits per heavy atom. The maximum atomic E-state index is 5.35. The van der Waals surface area contributed by atoms with Crippen LogP contribution in [0.3, 0.4) is 0 Å². The first kappa shape index (κ1) is 23.9. The Balaban J connectivity index is 0.000000291. The lowest BCUT2D eigenvalue weighted by molar-refractivity contribution is 0.341. The summed E-state index contributed by atoms with van der Waals surface area (Å²) in [7, 11) is 6.33. The summed E-state index contributed by atoms with van der Waals surface area (Å²) in [5.41, 5.74) is 0. The van der Waals surface area contributed by atoms with Crippen LogP contribution in [0.5, 0.6) is 34.5 Å². The van der Waals surface area contributed by atoms with Crippen molar-refractivity contribution in [2.24, 2.45) is 0 Å². The average Bonchev–Trinajstić information content (AvgIpc) is 2.77. The number of ether oxygens (including phenoxy) is 6. The first-order valence-corrected chi connectivity index (χ1v) is 9.14. The van der Waals surface area contributed by atoms with E-state index >= 15 is 0 Å². The molecule has 0 N–H and O–H groups in total.